The largest absolute Gasteiger partial charge is 0.493 e. The molecule has 0 heterocycles. The molecule has 6 nitrogen and oxygen atoms in total. The minimum Gasteiger partial charge on any atom is -0.493 e. The molecule has 8 heteroatoms. The van der Waals surface area contributed by atoms with Gasteiger partial charge in [-0.1, -0.05) is 41.9 Å². The lowest BCUT2D eigenvalue weighted by atomic mass is 10.2. The summed E-state index contributed by atoms with van der Waals surface area (Å²) < 4.78 is 17.5. The molecule has 0 saturated heterocycles. The van der Waals surface area contributed by atoms with Gasteiger partial charge in [-0.2, -0.15) is 5.10 Å². The Bertz CT molecular complexity index is 1070. The summed E-state index contributed by atoms with van der Waals surface area (Å²) in [7, 11) is 1.55. The van der Waals surface area contributed by atoms with Gasteiger partial charge in [0.15, 0.2) is 18.1 Å². The zero-order chi connectivity index (χ0) is 22.1. The highest BCUT2D eigenvalue weighted by atomic mass is 79.9. The number of hydrazone groups is 1. The molecule has 31 heavy (non-hydrogen) atoms. The van der Waals surface area contributed by atoms with E-state index in [2.05, 4.69) is 26.5 Å². The van der Waals surface area contributed by atoms with E-state index in [0.717, 1.165) is 15.6 Å². The Morgan fingerprint density at radius 2 is 1.81 bits per heavy atom. The van der Waals surface area contributed by atoms with E-state index in [0.29, 0.717) is 28.9 Å². The smallest absolute Gasteiger partial charge is 0.277 e. The third-order valence-corrected chi connectivity index (χ3v) is 5.15. The normalized spacial score (nSPS) is 10.7. The highest BCUT2D eigenvalue weighted by molar-refractivity contribution is 9.10. The van der Waals surface area contributed by atoms with Crippen LogP contribution in [-0.2, 0) is 11.4 Å². The molecular formula is C23H20BrClN2O4. The second-order valence-electron chi connectivity index (χ2n) is 6.30. The minimum atomic E-state index is -0.376. The summed E-state index contributed by atoms with van der Waals surface area (Å²) in [6.07, 6.45) is 1.51. The Kier molecular flexibility index (Phi) is 8.32. The van der Waals surface area contributed by atoms with E-state index < -0.39 is 0 Å². The number of halogens is 2. The molecule has 0 atom stereocenters. The van der Waals surface area contributed by atoms with Crippen LogP contribution in [0, 0.1) is 0 Å². The van der Waals surface area contributed by atoms with Crippen LogP contribution in [0.2, 0.25) is 5.02 Å². The minimum absolute atomic E-state index is 0.155. The lowest BCUT2D eigenvalue weighted by molar-refractivity contribution is -0.123. The Labute approximate surface area is 193 Å². The van der Waals surface area contributed by atoms with Gasteiger partial charge in [0.2, 0.25) is 0 Å². The van der Waals surface area contributed by atoms with Crippen LogP contribution in [0.3, 0.4) is 0 Å². The molecule has 0 aliphatic rings. The van der Waals surface area contributed by atoms with Crippen molar-refractivity contribution in [2.24, 2.45) is 5.10 Å². The van der Waals surface area contributed by atoms with Crippen LogP contribution in [0.1, 0.15) is 11.1 Å². The standard InChI is InChI=1S/C23H20BrClN2O4/c1-29-22-12-16(10-11-21(22)30-14-17-6-2-4-8-19(17)25)13-26-27-23(28)15-31-20-9-5-3-7-18(20)24/h2-13H,14-15H2,1H3,(H,27,28)/b26-13+. The van der Waals surface area contributed by atoms with Gasteiger partial charge >= 0.3 is 0 Å². The van der Waals surface area contributed by atoms with E-state index in [-0.39, 0.29) is 12.5 Å². The number of benzene rings is 3. The molecule has 0 saturated carbocycles. The van der Waals surface area contributed by atoms with Gasteiger partial charge in [-0.25, -0.2) is 5.43 Å². The van der Waals surface area contributed by atoms with Gasteiger partial charge in [0.05, 0.1) is 17.8 Å². The fraction of sp³-hybridized carbons (Fsp3) is 0.130. The first-order valence-electron chi connectivity index (χ1n) is 9.30. The molecule has 0 unspecified atom stereocenters. The molecule has 0 aliphatic heterocycles. The third kappa shape index (κ3) is 6.73. The average Bonchev–Trinajstić information content (AvgIpc) is 2.78. The number of hydrogen-bond donors (Lipinski definition) is 1. The summed E-state index contributed by atoms with van der Waals surface area (Å²) in [5.41, 5.74) is 4.04. The number of nitrogens with zero attached hydrogens (tertiary/aromatic N) is 1. The van der Waals surface area contributed by atoms with Gasteiger partial charge in [-0.3, -0.25) is 4.79 Å². The number of para-hydroxylation sites is 1. The van der Waals surface area contributed by atoms with Gasteiger partial charge < -0.3 is 14.2 Å². The summed E-state index contributed by atoms with van der Waals surface area (Å²) in [5.74, 6) is 1.32. The zero-order valence-electron chi connectivity index (χ0n) is 16.7. The van der Waals surface area contributed by atoms with Crippen molar-refractivity contribution >= 4 is 39.7 Å². The first-order valence-corrected chi connectivity index (χ1v) is 10.5. The molecule has 0 aliphatic carbocycles. The van der Waals surface area contributed by atoms with Crippen molar-refractivity contribution in [1.82, 2.24) is 5.43 Å². The quantitative estimate of drug-likeness (QED) is 0.321. The number of ether oxygens (including phenoxy) is 3. The van der Waals surface area contributed by atoms with Crippen molar-refractivity contribution in [2.45, 2.75) is 6.61 Å². The maximum atomic E-state index is 11.9. The maximum absolute atomic E-state index is 11.9. The Balaban J connectivity index is 1.54. The van der Waals surface area contributed by atoms with Crippen molar-refractivity contribution in [2.75, 3.05) is 13.7 Å². The maximum Gasteiger partial charge on any atom is 0.277 e. The van der Waals surface area contributed by atoms with Crippen molar-refractivity contribution in [3.8, 4) is 17.2 Å². The highest BCUT2D eigenvalue weighted by Gasteiger charge is 2.08. The van der Waals surface area contributed by atoms with Gasteiger partial charge in [0.25, 0.3) is 5.91 Å². The number of nitrogens with one attached hydrogen (secondary N) is 1. The van der Waals surface area contributed by atoms with Crippen LogP contribution < -0.4 is 19.6 Å². The Morgan fingerprint density at radius 3 is 2.58 bits per heavy atom. The summed E-state index contributed by atoms with van der Waals surface area (Å²) in [4.78, 5) is 11.9. The molecule has 3 rings (SSSR count). The molecule has 0 radical (unpaired) electrons. The number of hydrogen-bond acceptors (Lipinski definition) is 5. The van der Waals surface area contributed by atoms with Gasteiger partial charge in [-0.05, 0) is 57.9 Å². The van der Waals surface area contributed by atoms with Crippen molar-refractivity contribution < 1.29 is 19.0 Å². The molecule has 3 aromatic rings. The van der Waals surface area contributed by atoms with Crippen molar-refractivity contribution in [3.05, 3.63) is 87.4 Å². The van der Waals surface area contributed by atoms with E-state index >= 15 is 0 Å². The predicted octanol–water partition coefficient (Wildman–Crippen LogP) is 5.22. The second kappa shape index (κ2) is 11.4. The molecule has 0 bridgehead atoms. The Hall–Kier alpha value is -3.03. The highest BCUT2D eigenvalue weighted by Crippen LogP contribution is 2.29. The number of carbonyl (C=O) groups excluding carboxylic acids is 1. The fourth-order valence-electron chi connectivity index (χ4n) is 2.57. The second-order valence-corrected chi connectivity index (χ2v) is 7.56. The van der Waals surface area contributed by atoms with E-state index in [4.69, 9.17) is 25.8 Å². The summed E-state index contributed by atoms with van der Waals surface area (Å²) >= 11 is 9.52. The molecule has 3 aromatic carbocycles. The monoisotopic (exact) mass is 502 g/mol. The topological polar surface area (TPSA) is 69.2 Å². The van der Waals surface area contributed by atoms with Gasteiger partial charge in [0.1, 0.15) is 12.4 Å². The first kappa shape index (κ1) is 22.7. The molecule has 0 fully saturated rings. The lowest BCUT2D eigenvalue weighted by Gasteiger charge is -2.12. The van der Waals surface area contributed by atoms with Crippen LogP contribution in [0.4, 0.5) is 0 Å². The van der Waals surface area contributed by atoms with Crippen molar-refractivity contribution in [3.63, 3.8) is 0 Å². The average molecular weight is 504 g/mol. The Morgan fingerprint density at radius 1 is 1.03 bits per heavy atom. The van der Waals surface area contributed by atoms with E-state index in [1.807, 2.05) is 42.5 Å². The number of rotatable bonds is 9. The number of methoxy groups -OCH3 is 1. The summed E-state index contributed by atoms with van der Waals surface area (Å²) in [5, 5.41) is 4.60. The van der Waals surface area contributed by atoms with E-state index in [1.54, 1.807) is 31.4 Å². The summed E-state index contributed by atoms with van der Waals surface area (Å²) in [6.45, 7) is 0.162. The van der Waals surface area contributed by atoms with Gasteiger partial charge in [0, 0.05) is 10.6 Å². The fourth-order valence-corrected chi connectivity index (χ4v) is 3.16. The van der Waals surface area contributed by atoms with Crippen LogP contribution in [0.15, 0.2) is 76.3 Å². The number of amides is 1. The number of carbonyl (C=O) groups is 1. The third-order valence-electron chi connectivity index (χ3n) is 4.13. The SMILES string of the molecule is COc1cc(/C=N/NC(=O)COc2ccccc2Br)ccc1OCc1ccccc1Cl. The predicted molar refractivity (Wildman–Crippen MR) is 124 cm³/mol. The molecule has 1 amide bonds. The molecule has 160 valence electrons. The molecular weight excluding hydrogens is 484 g/mol. The molecule has 0 spiro atoms. The molecule has 1 N–H and O–H groups in total. The van der Waals surface area contributed by atoms with Crippen LogP contribution >= 0.6 is 27.5 Å². The van der Waals surface area contributed by atoms with Crippen LogP contribution in [0.25, 0.3) is 0 Å². The lowest BCUT2D eigenvalue weighted by Crippen LogP contribution is -2.24. The van der Waals surface area contributed by atoms with Crippen molar-refractivity contribution in [1.29, 1.82) is 0 Å². The van der Waals surface area contributed by atoms with E-state index in [1.165, 1.54) is 6.21 Å². The zero-order valence-corrected chi connectivity index (χ0v) is 19.0. The first-order chi connectivity index (χ1) is 15.1. The molecule has 0 aromatic heterocycles. The van der Waals surface area contributed by atoms with Crippen LogP contribution in [0.5, 0.6) is 17.2 Å². The summed E-state index contributed by atoms with van der Waals surface area (Å²) in [6, 6.07) is 20.1. The van der Waals surface area contributed by atoms with E-state index in [9.17, 15) is 4.79 Å². The van der Waals surface area contributed by atoms with Gasteiger partial charge in [-0.15, -0.1) is 0 Å². The van der Waals surface area contributed by atoms with Crippen LogP contribution in [-0.4, -0.2) is 25.8 Å².